The zero-order valence-corrected chi connectivity index (χ0v) is 16.7. The van der Waals surface area contributed by atoms with Crippen molar-refractivity contribution >= 4 is 11.6 Å². The summed E-state index contributed by atoms with van der Waals surface area (Å²) in [7, 11) is 0. The second-order valence-electron chi connectivity index (χ2n) is 7.05. The van der Waals surface area contributed by atoms with E-state index < -0.39 is 0 Å². The molecule has 4 aromatic rings. The minimum Gasteiger partial charge on any atom is -0.303 e. The Balaban J connectivity index is 1.66. The van der Waals surface area contributed by atoms with E-state index in [-0.39, 0.29) is 29.5 Å². The fourth-order valence-corrected chi connectivity index (χ4v) is 3.23. The molecule has 6 heteroatoms. The van der Waals surface area contributed by atoms with Crippen molar-refractivity contribution in [3.05, 3.63) is 130 Å². The first-order valence-electron chi connectivity index (χ1n) is 9.83. The van der Waals surface area contributed by atoms with Crippen LogP contribution in [0.4, 0.5) is 10.1 Å². The van der Waals surface area contributed by atoms with Crippen molar-refractivity contribution in [1.29, 1.82) is 0 Å². The molecule has 0 spiro atoms. The van der Waals surface area contributed by atoms with E-state index in [0.717, 1.165) is 11.3 Å². The zero-order chi connectivity index (χ0) is 21.6. The Kier molecular flexibility index (Phi) is 5.98. The van der Waals surface area contributed by atoms with Gasteiger partial charge in [-0.25, -0.2) is 9.07 Å². The molecule has 0 radical (unpaired) electrons. The quantitative estimate of drug-likeness (QED) is 0.474. The molecule has 0 bridgehead atoms. The minimum absolute atomic E-state index is 0.143. The van der Waals surface area contributed by atoms with Crippen LogP contribution in [0.5, 0.6) is 0 Å². The van der Waals surface area contributed by atoms with E-state index in [4.69, 9.17) is 0 Å². The van der Waals surface area contributed by atoms with Crippen molar-refractivity contribution < 1.29 is 9.18 Å². The molecule has 5 nitrogen and oxygen atoms in total. The van der Waals surface area contributed by atoms with E-state index >= 15 is 0 Å². The molecular formula is C25H20FN3O2. The van der Waals surface area contributed by atoms with Crippen LogP contribution in [0.3, 0.4) is 0 Å². The van der Waals surface area contributed by atoms with Crippen LogP contribution in [0, 0.1) is 5.82 Å². The van der Waals surface area contributed by atoms with E-state index in [2.05, 4.69) is 5.10 Å². The molecule has 0 fully saturated rings. The summed E-state index contributed by atoms with van der Waals surface area (Å²) < 4.78 is 14.4. The number of carbonyl (C=O) groups excluding carboxylic acids is 1. The lowest BCUT2D eigenvalue weighted by Crippen LogP contribution is -2.33. The number of benzene rings is 3. The summed E-state index contributed by atoms with van der Waals surface area (Å²) in [4.78, 5) is 27.3. The Morgan fingerprint density at radius 1 is 0.806 bits per heavy atom. The number of aromatic nitrogens is 2. The molecule has 154 valence electrons. The molecule has 4 rings (SSSR count). The van der Waals surface area contributed by atoms with Crippen LogP contribution < -0.4 is 10.5 Å². The average Bonchev–Trinajstić information content (AvgIpc) is 2.81. The number of nitrogens with zero attached hydrogens (tertiary/aromatic N) is 3. The third kappa shape index (κ3) is 4.93. The van der Waals surface area contributed by atoms with Gasteiger partial charge in [-0.3, -0.25) is 9.59 Å². The Hall–Kier alpha value is -4.06. The summed E-state index contributed by atoms with van der Waals surface area (Å²) in [6.45, 7) is 0.507. The highest BCUT2D eigenvalue weighted by atomic mass is 19.1. The van der Waals surface area contributed by atoms with Crippen molar-refractivity contribution in [2.45, 2.75) is 13.1 Å². The van der Waals surface area contributed by atoms with Gasteiger partial charge in [0.25, 0.3) is 11.5 Å². The number of hydrogen-bond donors (Lipinski definition) is 0. The van der Waals surface area contributed by atoms with Crippen LogP contribution in [0.2, 0.25) is 0 Å². The van der Waals surface area contributed by atoms with Crippen molar-refractivity contribution in [3.8, 4) is 0 Å². The summed E-state index contributed by atoms with van der Waals surface area (Å²) in [5.41, 5.74) is 2.23. The van der Waals surface area contributed by atoms with Gasteiger partial charge in [0.2, 0.25) is 0 Å². The first-order valence-corrected chi connectivity index (χ1v) is 9.83. The van der Waals surface area contributed by atoms with E-state index in [9.17, 15) is 14.0 Å². The van der Waals surface area contributed by atoms with Gasteiger partial charge in [-0.05, 0) is 41.5 Å². The normalized spacial score (nSPS) is 10.6. The molecule has 31 heavy (non-hydrogen) atoms. The van der Waals surface area contributed by atoms with Gasteiger partial charge in [-0.1, -0.05) is 60.7 Å². The molecule has 0 aliphatic carbocycles. The van der Waals surface area contributed by atoms with Crippen LogP contribution in [-0.4, -0.2) is 15.7 Å². The van der Waals surface area contributed by atoms with Crippen molar-refractivity contribution in [1.82, 2.24) is 9.78 Å². The van der Waals surface area contributed by atoms with E-state index in [1.54, 1.807) is 17.0 Å². The Morgan fingerprint density at radius 3 is 2.13 bits per heavy atom. The smallest absolute Gasteiger partial charge is 0.279 e. The largest absolute Gasteiger partial charge is 0.303 e. The number of halogens is 1. The van der Waals surface area contributed by atoms with Crippen LogP contribution >= 0.6 is 0 Å². The van der Waals surface area contributed by atoms with Gasteiger partial charge in [0.05, 0.1) is 13.1 Å². The van der Waals surface area contributed by atoms with Gasteiger partial charge < -0.3 is 4.90 Å². The van der Waals surface area contributed by atoms with E-state index in [1.807, 2.05) is 60.7 Å². The molecule has 3 aromatic carbocycles. The molecule has 0 N–H and O–H groups in total. The maximum Gasteiger partial charge on any atom is 0.279 e. The highest BCUT2D eigenvalue weighted by Gasteiger charge is 2.20. The first kappa shape index (κ1) is 20.2. The summed E-state index contributed by atoms with van der Waals surface area (Å²) in [5.74, 6) is -0.671. The number of anilines is 1. The highest BCUT2D eigenvalue weighted by molar-refractivity contribution is 6.04. The summed E-state index contributed by atoms with van der Waals surface area (Å²) in [6, 6.07) is 27.6. The van der Waals surface area contributed by atoms with Gasteiger partial charge in [0, 0.05) is 11.8 Å². The van der Waals surface area contributed by atoms with E-state index in [0.29, 0.717) is 12.1 Å². The highest BCUT2D eigenvalue weighted by Crippen LogP contribution is 2.19. The first-order chi connectivity index (χ1) is 15.1. The topological polar surface area (TPSA) is 55.2 Å². The molecule has 1 amide bonds. The minimum atomic E-state index is -0.354. The van der Waals surface area contributed by atoms with Crippen LogP contribution in [-0.2, 0) is 13.1 Å². The van der Waals surface area contributed by atoms with E-state index in [1.165, 1.54) is 28.9 Å². The number of rotatable bonds is 6. The second kappa shape index (κ2) is 9.17. The summed E-state index contributed by atoms with van der Waals surface area (Å²) in [6.07, 6.45) is 0. The van der Waals surface area contributed by atoms with Gasteiger partial charge in [-0.2, -0.15) is 5.10 Å². The predicted octanol–water partition coefficient (Wildman–Crippen LogP) is 4.28. The third-order valence-corrected chi connectivity index (χ3v) is 4.83. The molecule has 0 unspecified atom stereocenters. The molecule has 0 aliphatic rings. The Morgan fingerprint density at radius 2 is 1.45 bits per heavy atom. The fraction of sp³-hybridized carbons (Fsp3) is 0.0800. The van der Waals surface area contributed by atoms with Gasteiger partial charge in [-0.15, -0.1) is 0 Å². The Labute approximate surface area is 179 Å². The fourth-order valence-electron chi connectivity index (χ4n) is 3.23. The molecule has 0 saturated carbocycles. The molecule has 1 heterocycles. The lowest BCUT2D eigenvalue weighted by Gasteiger charge is -2.23. The number of hydrogen-bond acceptors (Lipinski definition) is 3. The SMILES string of the molecule is O=C(c1ccc(=O)n(Cc2ccc(F)cc2)n1)N(Cc1ccccc1)c1ccccc1. The summed E-state index contributed by atoms with van der Waals surface area (Å²) >= 11 is 0. The molecule has 1 aromatic heterocycles. The molecule has 0 saturated heterocycles. The van der Waals surface area contributed by atoms with Gasteiger partial charge >= 0.3 is 0 Å². The number of para-hydroxylation sites is 1. The average molecular weight is 413 g/mol. The second-order valence-corrected chi connectivity index (χ2v) is 7.05. The third-order valence-electron chi connectivity index (χ3n) is 4.83. The summed E-state index contributed by atoms with van der Waals surface area (Å²) in [5, 5.41) is 4.30. The Bertz CT molecular complexity index is 1220. The van der Waals surface area contributed by atoms with Crippen molar-refractivity contribution in [2.24, 2.45) is 0 Å². The lowest BCUT2D eigenvalue weighted by atomic mass is 10.1. The van der Waals surface area contributed by atoms with Crippen LogP contribution in [0.25, 0.3) is 0 Å². The lowest BCUT2D eigenvalue weighted by molar-refractivity contribution is 0.0978. The molecular weight excluding hydrogens is 393 g/mol. The predicted molar refractivity (Wildman–Crippen MR) is 117 cm³/mol. The van der Waals surface area contributed by atoms with Gasteiger partial charge in [0.15, 0.2) is 0 Å². The number of carbonyl (C=O) groups is 1. The monoisotopic (exact) mass is 413 g/mol. The maximum atomic E-state index is 13.4. The van der Waals surface area contributed by atoms with Crippen LogP contribution in [0.15, 0.2) is 102 Å². The molecule has 0 atom stereocenters. The zero-order valence-electron chi connectivity index (χ0n) is 16.7. The van der Waals surface area contributed by atoms with Crippen LogP contribution in [0.1, 0.15) is 21.6 Å². The number of amides is 1. The van der Waals surface area contributed by atoms with Crippen molar-refractivity contribution in [2.75, 3.05) is 4.90 Å². The maximum absolute atomic E-state index is 13.4. The molecule has 0 aliphatic heterocycles. The standard InChI is InChI=1S/C25H20FN3O2/c26-21-13-11-20(12-14-21)18-29-24(30)16-15-23(27-29)25(31)28(22-9-5-2-6-10-22)17-19-7-3-1-4-8-19/h1-16H,17-18H2. The van der Waals surface area contributed by atoms with Crippen molar-refractivity contribution in [3.63, 3.8) is 0 Å². The van der Waals surface area contributed by atoms with Gasteiger partial charge in [0.1, 0.15) is 11.5 Å².